The lowest BCUT2D eigenvalue weighted by Gasteiger charge is -2.35. The van der Waals surface area contributed by atoms with E-state index in [2.05, 4.69) is 15.6 Å². The summed E-state index contributed by atoms with van der Waals surface area (Å²) in [6.07, 6.45) is 1.35. The fourth-order valence-electron chi connectivity index (χ4n) is 4.92. The topological polar surface area (TPSA) is 147 Å². The molecule has 0 unspecified atom stereocenters. The molecule has 0 bridgehead atoms. The van der Waals surface area contributed by atoms with E-state index < -0.39 is 35.5 Å². The van der Waals surface area contributed by atoms with Crippen LogP contribution < -0.4 is 10.6 Å². The molecule has 1 aliphatic heterocycles. The fraction of sp³-hybridized carbons (Fsp3) is 0.581. The summed E-state index contributed by atoms with van der Waals surface area (Å²) >= 11 is 1.58. The van der Waals surface area contributed by atoms with Gasteiger partial charge in [-0.15, -0.1) is 11.3 Å². The zero-order valence-electron chi connectivity index (χ0n) is 25.7. The second-order valence-electron chi connectivity index (χ2n) is 11.9. The van der Waals surface area contributed by atoms with Gasteiger partial charge in [-0.05, 0) is 42.7 Å². The predicted molar refractivity (Wildman–Crippen MR) is 163 cm³/mol. The summed E-state index contributed by atoms with van der Waals surface area (Å²) in [7, 11) is 1.42. The smallest absolute Gasteiger partial charge is 0.332 e. The Morgan fingerprint density at radius 1 is 1.14 bits per heavy atom. The Bertz CT molecular complexity index is 1240. The standard InChI is InChI=1S/C31H44N4O7S/c1-20-27(43-19-33-20)22-12-10-21(11-13-22)16-32-29(39)24-15-23(36)17-35(24)30(40)28(31(2,3)4)34-25(37)9-7-6-8-14-42-26(38)18-41-5/h10-13,19,23-24,28,36H,6-9,14-18H2,1-5H3,(H,32,39)(H,34,37)/t23-,24+,28-/m1/s1. The molecule has 1 aromatic carbocycles. The number of unbranched alkanes of at least 4 members (excludes halogenated alkanes) is 2. The van der Waals surface area contributed by atoms with Crippen LogP contribution in [-0.4, -0.2) is 83.7 Å². The second-order valence-corrected chi connectivity index (χ2v) is 12.8. The van der Waals surface area contributed by atoms with Crippen molar-refractivity contribution in [2.24, 2.45) is 5.41 Å². The number of aromatic nitrogens is 1. The number of rotatable bonds is 14. The Labute approximate surface area is 257 Å². The third-order valence-corrected chi connectivity index (χ3v) is 8.26. The van der Waals surface area contributed by atoms with Crippen LogP contribution >= 0.6 is 11.3 Å². The van der Waals surface area contributed by atoms with E-state index in [0.29, 0.717) is 19.3 Å². The number of esters is 1. The van der Waals surface area contributed by atoms with Gasteiger partial charge in [0, 0.05) is 33.0 Å². The highest BCUT2D eigenvalue weighted by atomic mass is 32.1. The number of aliphatic hydroxyl groups excluding tert-OH is 1. The number of benzene rings is 1. The van der Waals surface area contributed by atoms with Crippen LogP contribution in [0.1, 0.15) is 64.1 Å². The zero-order valence-corrected chi connectivity index (χ0v) is 26.5. The lowest BCUT2D eigenvalue weighted by atomic mass is 9.85. The number of nitrogens with one attached hydrogen (secondary N) is 2. The number of hydrogen-bond acceptors (Lipinski definition) is 9. The first kappa shape index (κ1) is 34.1. The first-order valence-electron chi connectivity index (χ1n) is 14.6. The van der Waals surface area contributed by atoms with Crippen molar-refractivity contribution in [2.45, 2.75) is 84.5 Å². The van der Waals surface area contributed by atoms with E-state index in [1.54, 1.807) is 11.3 Å². The van der Waals surface area contributed by atoms with Gasteiger partial charge in [-0.2, -0.15) is 0 Å². The number of amides is 3. The number of nitrogens with zero attached hydrogens (tertiary/aromatic N) is 2. The van der Waals surface area contributed by atoms with Crippen molar-refractivity contribution >= 4 is 35.0 Å². The lowest BCUT2D eigenvalue weighted by Crippen LogP contribution is -2.57. The van der Waals surface area contributed by atoms with E-state index in [4.69, 9.17) is 9.47 Å². The van der Waals surface area contributed by atoms with E-state index in [1.165, 1.54) is 12.0 Å². The number of aliphatic hydroxyl groups is 1. The quantitative estimate of drug-likeness (QED) is 0.217. The van der Waals surface area contributed by atoms with Gasteiger partial charge in [0.2, 0.25) is 17.7 Å². The normalized spacial score (nSPS) is 17.4. The molecule has 11 nitrogen and oxygen atoms in total. The Balaban J connectivity index is 1.54. The number of thiazole rings is 1. The number of carbonyl (C=O) groups is 4. The van der Waals surface area contributed by atoms with Gasteiger partial charge in [0.05, 0.1) is 28.8 Å². The maximum Gasteiger partial charge on any atom is 0.332 e. The summed E-state index contributed by atoms with van der Waals surface area (Å²) in [6.45, 7) is 7.97. The van der Waals surface area contributed by atoms with E-state index in [-0.39, 0.29) is 51.0 Å². The average molecular weight is 617 g/mol. The van der Waals surface area contributed by atoms with Gasteiger partial charge in [0.1, 0.15) is 18.7 Å². The average Bonchev–Trinajstić information content (AvgIpc) is 3.57. The van der Waals surface area contributed by atoms with Gasteiger partial charge >= 0.3 is 5.97 Å². The Morgan fingerprint density at radius 2 is 1.86 bits per heavy atom. The van der Waals surface area contributed by atoms with Gasteiger partial charge < -0.3 is 30.1 Å². The maximum atomic E-state index is 13.7. The van der Waals surface area contributed by atoms with Crippen LogP contribution in [0.3, 0.4) is 0 Å². The van der Waals surface area contributed by atoms with Gasteiger partial charge in [-0.1, -0.05) is 45.0 Å². The highest BCUT2D eigenvalue weighted by Gasteiger charge is 2.44. The summed E-state index contributed by atoms with van der Waals surface area (Å²) in [5, 5.41) is 16.2. The SMILES string of the molecule is COCC(=O)OCCCCCC(=O)N[C@H](C(=O)N1C[C@H](O)C[C@H]1C(=O)NCc1ccc(-c2scnc2C)cc1)C(C)(C)C. The third-order valence-electron chi connectivity index (χ3n) is 7.28. The molecule has 1 fully saturated rings. The van der Waals surface area contributed by atoms with Crippen LogP contribution in [0.4, 0.5) is 0 Å². The van der Waals surface area contributed by atoms with Crippen LogP contribution in [0.15, 0.2) is 29.8 Å². The number of aryl methyl sites for hydroxylation is 1. The van der Waals surface area contributed by atoms with Crippen molar-refractivity contribution in [1.29, 1.82) is 0 Å². The molecule has 0 spiro atoms. The molecule has 3 amide bonds. The molecule has 0 radical (unpaired) electrons. The van der Waals surface area contributed by atoms with Crippen LogP contribution in [-0.2, 0) is 35.2 Å². The predicted octanol–water partition coefficient (Wildman–Crippen LogP) is 2.98. The Hall–Kier alpha value is -3.35. The summed E-state index contributed by atoms with van der Waals surface area (Å²) in [4.78, 5) is 57.9. The first-order valence-corrected chi connectivity index (χ1v) is 15.5. The minimum atomic E-state index is -0.877. The van der Waals surface area contributed by atoms with E-state index >= 15 is 0 Å². The highest BCUT2D eigenvalue weighted by Crippen LogP contribution is 2.28. The largest absolute Gasteiger partial charge is 0.464 e. The number of methoxy groups -OCH3 is 1. The number of carbonyl (C=O) groups excluding carboxylic acids is 4. The molecule has 1 saturated heterocycles. The van der Waals surface area contributed by atoms with Crippen molar-refractivity contribution in [3.8, 4) is 10.4 Å². The molecule has 2 heterocycles. The van der Waals surface area contributed by atoms with Gasteiger partial charge in [0.25, 0.3) is 0 Å². The van der Waals surface area contributed by atoms with Gasteiger partial charge in [-0.25, -0.2) is 9.78 Å². The van der Waals surface area contributed by atoms with Crippen molar-refractivity contribution < 1.29 is 33.8 Å². The highest BCUT2D eigenvalue weighted by molar-refractivity contribution is 7.13. The molecule has 12 heteroatoms. The second kappa shape index (κ2) is 15.9. The summed E-state index contributed by atoms with van der Waals surface area (Å²) < 4.78 is 9.73. The third kappa shape index (κ3) is 10.1. The van der Waals surface area contributed by atoms with Crippen LogP contribution in [0.5, 0.6) is 0 Å². The number of ether oxygens (including phenoxy) is 2. The summed E-state index contributed by atoms with van der Waals surface area (Å²) in [5.74, 6) is -1.45. The Morgan fingerprint density at radius 3 is 2.49 bits per heavy atom. The molecule has 0 aliphatic carbocycles. The van der Waals surface area contributed by atoms with Crippen LogP contribution in [0, 0.1) is 12.3 Å². The zero-order chi connectivity index (χ0) is 31.6. The van der Waals surface area contributed by atoms with Crippen LogP contribution in [0.25, 0.3) is 10.4 Å². The van der Waals surface area contributed by atoms with E-state index in [0.717, 1.165) is 21.7 Å². The molecule has 3 N–H and O–H groups in total. The van der Waals surface area contributed by atoms with Gasteiger partial charge in [0.15, 0.2) is 0 Å². The summed E-state index contributed by atoms with van der Waals surface area (Å²) in [5.41, 5.74) is 4.12. The van der Waals surface area contributed by atoms with Crippen molar-refractivity contribution in [2.75, 3.05) is 26.9 Å². The molecule has 3 rings (SSSR count). The fourth-order valence-corrected chi connectivity index (χ4v) is 5.74. The lowest BCUT2D eigenvalue weighted by molar-refractivity contribution is -0.148. The molecular weight excluding hydrogens is 572 g/mol. The summed E-state index contributed by atoms with van der Waals surface area (Å²) in [6, 6.07) is 6.15. The minimum Gasteiger partial charge on any atom is -0.464 e. The molecule has 236 valence electrons. The molecular formula is C31H44N4O7S. The maximum absolute atomic E-state index is 13.7. The minimum absolute atomic E-state index is 0.0179. The van der Waals surface area contributed by atoms with Gasteiger partial charge in [-0.3, -0.25) is 14.4 Å². The number of likely N-dealkylation sites (tertiary alicyclic amines) is 1. The first-order chi connectivity index (χ1) is 20.4. The van der Waals surface area contributed by atoms with Crippen LogP contribution in [0.2, 0.25) is 0 Å². The van der Waals surface area contributed by atoms with Crippen molar-refractivity contribution in [1.82, 2.24) is 20.5 Å². The van der Waals surface area contributed by atoms with E-state index in [1.807, 2.05) is 57.5 Å². The molecule has 0 saturated carbocycles. The van der Waals surface area contributed by atoms with Crippen molar-refractivity contribution in [3.05, 3.63) is 41.0 Å². The molecule has 2 aromatic rings. The molecule has 1 aliphatic rings. The monoisotopic (exact) mass is 616 g/mol. The Kier molecular flexibility index (Phi) is 12.6. The molecule has 1 aromatic heterocycles. The number of β-amino-alcohol motifs (C(OH)–C–C–N with tert-alkyl or cyclic N) is 1. The van der Waals surface area contributed by atoms with E-state index in [9.17, 15) is 24.3 Å². The van der Waals surface area contributed by atoms with Crippen molar-refractivity contribution in [3.63, 3.8) is 0 Å². The number of hydrogen-bond donors (Lipinski definition) is 3. The molecule has 3 atom stereocenters. The molecule has 43 heavy (non-hydrogen) atoms.